The Labute approximate surface area is 98.0 Å². The molecule has 3 rings (SSSR count). The van der Waals surface area contributed by atoms with Gasteiger partial charge in [-0.25, -0.2) is 4.98 Å². The second kappa shape index (κ2) is 3.46. The van der Waals surface area contributed by atoms with Gasteiger partial charge in [-0.1, -0.05) is 18.2 Å². The zero-order chi connectivity index (χ0) is 11.1. The Kier molecular flexibility index (Phi) is 2.07. The lowest BCUT2D eigenvalue weighted by atomic mass is 10.1. The van der Waals surface area contributed by atoms with Gasteiger partial charge in [-0.2, -0.15) is 0 Å². The van der Waals surface area contributed by atoms with Crippen LogP contribution in [0.5, 0.6) is 0 Å². The van der Waals surface area contributed by atoms with Crippen LogP contribution in [0.1, 0.15) is 11.4 Å². The quantitative estimate of drug-likeness (QED) is 0.672. The number of hydrogen-bond acceptors (Lipinski definition) is 2. The van der Waals surface area contributed by atoms with Crippen LogP contribution in [0.2, 0.25) is 0 Å². The van der Waals surface area contributed by atoms with E-state index in [0.29, 0.717) is 0 Å². The Morgan fingerprint density at radius 1 is 1.19 bits per heavy atom. The standard InChI is InChI=1S/C13H12N2S/c1-8-7-16-13(14-8)12-9(2)15-11-6-4-3-5-10(11)12/h3-7,15H,1-2H3. The number of nitrogens with zero attached hydrogens (tertiary/aromatic N) is 1. The lowest BCUT2D eigenvalue weighted by Gasteiger charge is -1.95. The summed E-state index contributed by atoms with van der Waals surface area (Å²) in [7, 11) is 0. The van der Waals surface area contributed by atoms with E-state index >= 15 is 0 Å². The summed E-state index contributed by atoms with van der Waals surface area (Å²) >= 11 is 1.71. The highest BCUT2D eigenvalue weighted by atomic mass is 32.1. The first-order valence-corrected chi connectivity index (χ1v) is 6.13. The van der Waals surface area contributed by atoms with Gasteiger partial charge in [0.25, 0.3) is 0 Å². The molecule has 16 heavy (non-hydrogen) atoms. The molecule has 80 valence electrons. The van der Waals surface area contributed by atoms with Gasteiger partial charge in [0.2, 0.25) is 0 Å². The fraction of sp³-hybridized carbons (Fsp3) is 0.154. The molecular weight excluding hydrogens is 216 g/mol. The molecule has 3 aromatic rings. The molecule has 1 aromatic carbocycles. The maximum Gasteiger partial charge on any atom is 0.126 e. The van der Waals surface area contributed by atoms with E-state index in [4.69, 9.17) is 0 Å². The number of aromatic amines is 1. The maximum atomic E-state index is 4.56. The number of H-pyrrole nitrogens is 1. The van der Waals surface area contributed by atoms with Gasteiger partial charge in [0.15, 0.2) is 0 Å². The Bertz CT molecular complexity index is 649. The topological polar surface area (TPSA) is 28.7 Å². The number of thiazole rings is 1. The number of para-hydroxylation sites is 1. The minimum atomic E-state index is 1.09. The third kappa shape index (κ3) is 1.36. The Morgan fingerprint density at radius 2 is 2.00 bits per heavy atom. The van der Waals surface area contributed by atoms with Crippen LogP contribution in [0.15, 0.2) is 29.6 Å². The summed E-state index contributed by atoms with van der Waals surface area (Å²) in [6.45, 7) is 4.14. The normalized spacial score (nSPS) is 11.1. The van der Waals surface area contributed by atoms with Crippen molar-refractivity contribution < 1.29 is 0 Å². The summed E-state index contributed by atoms with van der Waals surface area (Å²) in [5.41, 5.74) is 4.71. The zero-order valence-electron chi connectivity index (χ0n) is 9.24. The number of nitrogens with one attached hydrogen (secondary N) is 1. The molecule has 0 spiro atoms. The number of aromatic nitrogens is 2. The lowest BCUT2D eigenvalue weighted by Crippen LogP contribution is -1.78. The molecule has 0 amide bonds. The Hall–Kier alpha value is -1.61. The first-order valence-electron chi connectivity index (χ1n) is 5.25. The van der Waals surface area contributed by atoms with Crippen LogP contribution < -0.4 is 0 Å². The molecular formula is C13H12N2S. The number of aryl methyl sites for hydroxylation is 2. The summed E-state index contributed by atoms with van der Waals surface area (Å²) in [5.74, 6) is 0. The molecule has 0 unspecified atom stereocenters. The van der Waals surface area contributed by atoms with Gasteiger partial charge in [-0.05, 0) is 19.9 Å². The van der Waals surface area contributed by atoms with E-state index < -0.39 is 0 Å². The van der Waals surface area contributed by atoms with Crippen LogP contribution in [-0.2, 0) is 0 Å². The van der Waals surface area contributed by atoms with Crippen molar-refractivity contribution in [1.82, 2.24) is 9.97 Å². The second-order valence-electron chi connectivity index (χ2n) is 3.96. The molecule has 0 radical (unpaired) electrons. The van der Waals surface area contributed by atoms with Crippen LogP contribution in [0, 0.1) is 13.8 Å². The van der Waals surface area contributed by atoms with Gasteiger partial charge >= 0.3 is 0 Å². The third-order valence-corrected chi connectivity index (χ3v) is 3.70. The fourth-order valence-electron chi connectivity index (χ4n) is 2.02. The summed E-state index contributed by atoms with van der Waals surface area (Å²) in [5, 5.41) is 4.46. The highest BCUT2D eigenvalue weighted by Gasteiger charge is 2.12. The second-order valence-corrected chi connectivity index (χ2v) is 4.82. The monoisotopic (exact) mass is 228 g/mol. The largest absolute Gasteiger partial charge is 0.358 e. The fourth-order valence-corrected chi connectivity index (χ4v) is 2.93. The predicted molar refractivity (Wildman–Crippen MR) is 68.9 cm³/mol. The molecule has 2 heterocycles. The van der Waals surface area contributed by atoms with Crippen LogP contribution in [-0.4, -0.2) is 9.97 Å². The van der Waals surface area contributed by atoms with Crippen molar-refractivity contribution in [2.75, 3.05) is 0 Å². The van der Waals surface area contributed by atoms with Crippen molar-refractivity contribution >= 4 is 22.2 Å². The Morgan fingerprint density at radius 3 is 2.75 bits per heavy atom. The average molecular weight is 228 g/mol. The van der Waals surface area contributed by atoms with Gasteiger partial charge in [-0.3, -0.25) is 0 Å². The summed E-state index contributed by atoms with van der Waals surface area (Å²) < 4.78 is 0. The molecule has 0 saturated heterocycles. The minimum Gasteiger partial charge on any atom is -0.358 e. The number of hydrogen-bond donors (Lipinski definition) is 1. The smallest absolute Gasteiger partial charge is 0.126 e. The molecule has 0 saturated carbocycles. The van der Waals surface area contributed by atoms with Crippen LogP contribution in [0.4, 0.5) is 0 Å². The van der Waals surface area contributed by atoms with Gasteiger partial charge in [0, 0.05) is 33.2 Å². The number of benzene rings is 1. The van der Waals surface area contributed by atoms with Crippen molar-refractivity contribution in [1.29, 1.82) is 0 Å². The van der Waals surface area contributed by atoms with E-state index in [1.54, 1.807) is 11.3 Å². The Balaban J connectivity index is 2.34. The van der Waals surface area contributed by atoms with Crippen molar-refractivity contribution in [2.24, 2.45) is 0 Å². The van der Waals surface area contributed by atoms with E-state index in [-0.39, 0.29) is 0 Å². The maximum absolute atomic E-state index is 4.56. The number of fused-ring (bicyclic) bond motifs is 1. The SMILES string of the molecule is Cc1csc(-c2c(C)[nH]c3ccccc23)n1. The van der Waals surface area contributed by atoms with E-state index in [1.165, 1.54) is 22.2 Å². The average Bonchev–Trinajstić information content (AvgIpc) is 2.80. The first-order chi connectivity index (χ1) is 7.75. The van der Waals surface area contributed by atoms with Crippen LogP contribution in [0.25, 0.3) is 21.5 Å². The molecule has 0 atom stereocenters. The van der Waals surface area contributed by atoms with Gasteiger partial charge in [0.1, 0.15) is 5.01 Å². The molecule has 0 bridgehead atoms. The zero-order valence-corrected chi connectivity index (χ0v) is 10.1. The van der Waals surface area contributed by atoms with Crippen molar-refractivity contribution in [3.63, 3.8) is 0 Å². The van der Waals surface area contributed by atoms with Crippen molar-refractivity contribution in [2.45, 2.75) is 13.8 Å². The molecule has 0 aliphatic heterocycles. The van der Waals surface area contributed by atoms with Gasteiger partial charge in [0.05, 0.1) is 0 Å². The highest BCUT2D eigenvalue weighted by molar-refractivity contribution is 7.13. The van der Waals surface area contributed by atoms with Crippen LogP contribution in [0.3, 0.4) is 0 Å². The molecule has 2 aromatic heterocycles. The minimum absolute atomic E-state index is 1.09. The van der Waals surface area contributed by atoms with Crippen LogP contribution >= 0.6 is 11.3 Å². The van der Waals surface area contributed by atoms with E-state index in [0.717, 1.165) is 10.7 Å². The summed E-state index contributed by atoms with van der Waals surface area (Å²) in [6, 6.07) is 8.37. The van der Waals surface area contributed by atoms with Crippen molar-refractivity contribution in [3.05, 3.63) is 41.0 Å². The highest BCUT2D eigenvalue weighted by Crippen LogP contribution is 2.33. The van der Waals surface area contributed by atoms with E-state index in [9.17, 15) is 0 Å². The van der Waals surface area contributed by atoms with E-state index in [2.05, 4.69) is 46.5 Å². The summed E-state index contributed by atoms with van der Waals surface area (Å²) in [6.07, 6.45) is 0. The predicted octanol–water partition coefficient (Wildman–Crippen LogP) is 3.91. The number of rotatable bonds is 1. The molecule has 2 nitrogen and oxygen atoms in total. The van der Waals surface area contributed by atoms with Gasteiger partial charge in [-0.15, -0.1) is 11.3 Å². The third-order valence-electron chi connectivity index (χ3n) is 2.73. The molecule has 0 fully saturated rings. The molecule has 3 heteroatoms. The first kappa shape index (κ1) is 9.60. The lowest BCUT2D eigenvalue weighted by molar-refractivity contribution is 1.25. The molecule has 1 N–H and O–H groups in total. The molecule has 0 aliphatic carbocycles. The molecule has 0 aliphatic rings. The summed E-state index contributed by atoms with van der Waals surface area (Å²) in [4.78, 5) is 7.96. The van der Waals surface area contributed by atoms with Gasteiger partial charge < -0.3 is 4.98 Å². The van der Waals surface area contributed by atoms with Crippen molar-refractivity contribution in [3.8, 4) is 10.6 Å². The van der Waals surface area contributed by atoms with E-state index in [1.807, 2.05) is 6.92 Å².